The molecule has 3 rings (SSSR count). The normalized spacial score (nSPS) is 15.1. The summed E-state index contributed by atoms with van der Waals surface area (Å²) in [6, 6.07) is 15.2. The van der Waals surface area contributed by atoms with Gasteiger partial charge in [-0.2, -0.15) is 0 Å². The first-order chi connectivity index (χ1) is 18.4. The number of hydrogen-bond acceptors (Lipinski definition) is 7. The molecule has 1 aliphatic heterocycles. The van der Waals surface area contributed by atoms with Crippen molar-refractivity contribution in [3.8, 4) is 11.5 Å². The van der Waals surface area contributed by atoms with E-state index in [0.29, 0.717) is 50.2 Å². The Morgan fingerprint density at radius 2 is 1.61 bits per heavy atom. The van der Waals surface area contributed by atoms with E-state index in [4.69, 9.17) is 14.2 Å². The number of ketones is 1. The molecule has 1 aliphatic rings. The number of aliphatic imine (C=N–C) groups is 1. The molecule has 1 atom stereocenters. The minimum absolute atomic E-state index is 0.0660. The third kappa shape index (κ3) is 10.8. The Hall–Kier alpha value is -2.90. The maximum Gasteiger partial charge on any atom is 0.162 e. The highest BCUT2D eigenvalue weighted by atomic mass is 16.5. The Kier molecular flexibility index (Phi) is 12.6. The van der Waals surface area contributed by atoms with E-state index in [1.807, 2.05) is 26.0 Å². The summed E-state index contributed by atoms with van der Waals surface area (Å²) < 4.78 is 16.3. The zero-order valence-corrected chi connectivity index (χ0v) is 23.2. The average molecular weight is 524 g/mol. The lowest BCUT2D eigenvalue weighted by molar-refractivity contribution is -0.219. The molecule has 2 aromatic carbocycles. The Morgan fingerprint density at radius 3 is 2.26 bits per heavy atom. The topological polar surface area (TPSA) is 83.4 Å². The van der Waals surface area contributed by atoms with E-state index < -0.39 is 0 Å². The molecule has 2 aromatic rings. The van der Waals surface area contributed by atoms with Crippen molar-refractivity contribution in [2.45, 2.75) is 70.9 Å². The molecule has 0 bridgehead atoms. The minimum atomic E-state index is -0.0704. The quantitative estimate of drug-likeness (QED) is 0.129. The number of hydrogen-bond donors (Lipinski definition) is 0. The van der Waals surface area contributed by atoms with Gasteiger partial charge in [0.05, 0.1) is 18.8 Å². The minimum Gasteiger partial charge on any atom is -0.862 e. The number of benzene rings is 2. The van der Waals surface area contributed by atoms with Gasteiger partial charge in [0.25, 0.3) is 0 Å². The number of Topliss-reactive ketones (excluding diaryl/α,β-unsaturated/α-hetero) is 1. The van der Waals surface area contributed by atoms with Crippen molar-refractivity contribution in [1.82, 2.24) is 4.90 Å². The summed E-state index contributed by atoms with van der Waals surface area (Å²) in [6.45, 7) is 7.97. The first-order valence-electron chi connectivity index (χ1n) is 13.9. The molecule has 0 aromatic heterocycles. The summed E-state index contributed by atoms with van der Waals surface area (Å²) in [7, 11) is 1.63. The summed E-state index contributed by atoms with van der Waals surface area (Å²) in [5.41, 5.74) is 1.82. The first kappa shape index (κ1) is 29.7. The van der Waals surface area contributed by atoms with Crippen molar-refractivity contribution in [1.29, 1.82) is 0 Å². The molecular weight excluding hydrogens is 480 g/mol. The van der Waals surface area contributed by atoms with Crippen molar-refractivity contribution in [2.75, 3.05) is 40.0 Å². The molecule has 208 valence electrons. The second-order valence-electron chi connectivity index (χ2n) is 10.2. The van der Waals surface area contributed by atoms with Crippen LogP contribution in [0.25, 0.3) is 0 Å². The van der Waals surface area contributed by atoms with Crippen LogP contribution in [-0.2, 0) is 11.2 Å². The van der Waals surface area contributed by atoms with E-state index in [0.717, 1.165) is 37.4 Å². The molecule has 0 saturated carbocycles. The molecular formula is C31H43N2O5-. The number of unbranched alkanes of at least 4 members (excludes halogenated alkanes) is 1. The fourth-order valence-corrected chi connectivity index (χ4v) is 4.62. The smallest absolute Gasteiger partial charge is 0.162 e. The number of carbonyl (C=O) groups excluding carboxylic acids is 1. The second-order valence-corrected chi connectivity index (χ2v) is 10.2. The van der Waals surface area contributed by atoms with Crippen LogP contribution in [0, 0.1) is 0 Å². The van der Waals surface area contributed by atoms with Gasteiger partial charge in [-0.3, -0.25) is 4.79 Å². The van der Waals surface area contributed by atoms with Crippen LogP contribution in [0.2, 0.25) is 0 Å². The Labute approximate surface area is 227 Å². The van der Waals surface area contributed by atoms with Crippen molar-refractivity contribution in [3.05, 3.63) is 59.7 Å². The maximum absolute atomic E-state index is 12.7. The lowest BCUT2D eigenvalue weighted by atomic mass is 10.0. The molecule has 0 spiro atoms. The Balaban J connectivity index is 1.47. The summed E-state index contributed by atoms with van der Waals surface area (Å²) in [5, 5.41) is 12.7. The summed E-state index contributed by atoms with van der Waals surface area (Å²) in [5.74, 6) is 1.58. The van der Waals surface area contributed by atoms with Gasteiger partial charge in [0, 0.05) is 25.6 Å². The predicted molar refractivity (Wildman–Crippen MR) is 149 cm³/mol. The molecule has 1 unspecified atom stereocenters. The van der Waals surface area contributed by atoms with Gasteiger partial charge in [-0.25, -0.2) is 0 Å². The largest absolute Gasteiger partial charge is 0.862 e. The molecule has 7 nitrogen and oxygen atoms in total. The lowest BCUT2D eigenvalue weighted by Gasteiger charge is -2.23. The second kappa shape index (κ2) is 16.1. The maximum atomic E-state index is 12.7. The van der Waals surface area contributed by atoms with Gasteiger partial charge >= 0.3 is 0 Å². The van der Waals surface area contributed by atoms with Crippen LogP contribution in [0.4, 0.5) is 0 Å². The fraction of sp³-hybridized carbons (Fsp3) is 0.548. The highest BCUT2D eigenvalue weighted by Crippen LogP contribution is 2.18. The zero-order chi connectivity index (χ0) is 27.2. The third-order valence-electron chi connectivity index (χ3n) is 6.54. The molecule has 0 aliphatic carbocycles. The van der Waals surface area contributed by atoms with E-state index in [2.05, 4.69) is 22.0 Å². The van der Waals surface area contributed by atoms with E-state index in [-0.39, 0.29) is 23.8 Å². The zero-order valence-electron chi connectivity index (χ0n) is 23.2. The number of methoxy groups -OCH3 is 1. The van der Waals surface area contributed by atoms with Crippen LogP contribution >= 0.6 is 0 Å². The number of likely N-dealkylation sites (tertiary alicyclic amines) is 1. The van der Waals surface area contributed by atoms with Gasteiger partial charge in [-0.1, -0.05) is 12.1 Å². The molecule has 1 heterocycles. The molecule has 1 fully saturated rings. The molecule has 7 heteroatoms. The van der Waals surface area contributed by atoms with Crippen LogP contribution in [0.3, 0.4) is 0 Å². The monoisotopic (exact) mass is 523 g/mol. The third-order valence-corrected chi connectivity index (χ3v) is 6.54. The Morgan fingerprint density at radius 1 is 0.947 bits per heavy atom. The van der Waals surface area contributed by atoms with E-state index >= 15 is 0 Å². The van der Waals surface area contributed by atoms with Gasteiger partial charge in [0.15, 0.2) is 5.78 Å². The lowest BCUT2D eigenvalue weighted by Crippen LogP contribution is -2.32. The number of rotatable bonds is 17. The summed E-state index contributed by atoms with van der Waals surface area (Å²) in [4.78, 5) is 19.5. The average Bonchev–Trinajstić information content (AvgIpc) is 3.41. The van der Waals surface area contributed by atoms with E-state index in [1.165, 1.54) is 12.8 Å². The molecule has 1 saturated heterocycles. The van der Waals surface area contributed by atoms with Crippen molar-refractivity contribution in [2.24, 2.45) is 4.99 Å². The number of ether oxygens (including phenoxy) is 3. The summed E-state index contributed by atoms with van der Waals surface area (Å²) >= 11 is 0. The number of carbonyl (C=O) groups is 1. The van der Waals surface area contributed by atoms with E-state index in [1.54, 1.807) is 31.4 Å². The molecule has 0 N–H and O–H groups in total. The van der Waals surface area contributed by atoms with Crippen molar-refractivity contribution < 1.29 is 24.1 Å². The predicted octanol–water partition coefficient (Wildman–Crippen LogP) is 4.71. The standard InChI is InChI=1S/C31H44N2O5/c1-24(2)38-29-14-10-25(11-15-29)22-27(23-33-18-6-7-19-33)32-31(35)9-5-4-8-30(34)26-12-16-28(17-13-26)37-21-20-36-3/h10-17,24,27H,4-9,18-23H2,1-3H3,(H,32,35)/p-1. The van der Waals surface area contributed by atoms with Gasteiger partial charge in [0.1, 0.15) is 18.1 Å². The fourth-order valence-electron chi connectivity index (χ4n) is 4.62. The Bertz CT molecular complexity index is 982. The van der Waals surface area contributed by atoms with Gasteiger partial charge in [0.2, 0.25) is 0 Å². The van der Waals surface area contributed by atoms with Gasteiger partial charge in [-0.05, 0) is 113 Å². The van der Waals surface area contributed by atoms with Crippen LogP contribution < -0.4 is 14.6 Å². The van der Waals surface area contributed by atoms with Gasteiger partial charge < -0.3 is 29.2 Å². The van der Waals surface area contributed by atoms with Crippen LogP contribution in [0.15, 0.2) is 53.5 Å². The SMILES string of the molecule is COCCOc1ccc(C(=O)CCCCC([O-])=NC(Cc2ccc(OC(C)C)cc2)CN2CCCC2)cc1. The van der Waals surface area contributed by atoms with Crippen LogP contribution in [-0.4, -0.2) is 68.7 Å². The molecule has 0 amide bonds. The molecule has 38 heavy (non-hydrogen) atoms. The highest BCUT2D eigenvalue weighted by molar-refractivity contribution is 5.96. The van der Waals surface area contributed by atoms with Crippen molar-refractivity contribution >= 4 is 11.7 Å². The van der Waals surface area contributed by atoms with Gasteiger partial charge in [-0.15, -0.1) is 0 Å². The highest BCUT2D eigenvalue weighted by Gasteiger charge is 2.17. The summed E-state index contributed by atoms with van der Waals surface area (Å²) in [6.07, 6.45) is 5.39. The van der Waals surface area contributed by atoms with Crippen molar-refractivity contribution in [3.63, 3.8) is 0 Å². The first-order valence-corrected chi connectivity index (χ1v) is 13.9. The number of nitrogens with zero attached hydrogens (tertiary/aromatic N) is 2. The van der Waals surface area contributed by atoms with E-state index in [9.17, 15) is 9.90 Å². The van der Waals surface area contributed by atoms with Crippen LogP contribution in [0.5, 0.6) is 11.5 Å². The van der Waals surface area contributed by atoms with Crippen LogP contribution in [0.1, 0.15) is 68.3 Å². The molecule has 0 radical (unpaired) electrons.